The first-order valence-electron chi connectivity index (χ1n) is 6.14. The number of hydrogen-bond acceptors (Lipinski definition) is 2. The summed E-state index contributed by atoms with van der Waals surface area (Å²) < 4.78 is 2.83. The molecule has 2 rings (SSSR count). The number of benzene rings is 1. The van der Waals surface area contributed by atoms with Crippen LogP contribution in [0.3, 0.4) is 0 Å². The zero-order chi connectivity index (χ0) is 14.2. The molecule has 2 aromatic rings. The van der Waals surface area contributed by atoms with Crippen molar-refractivity contribution in [3.05, 3.63) is 40.0 Å². The second kappa shape index (κ2) is 4.93. The molecule has 3 nitrogen and oxygen atoms in total. The highest BCUT2D eigenvalue weighted by Gasteiger charge is 2.18. The fourth-order valence-electron chi connectivity index (χ4n) is 1.91. The summed E-state index contributed by atoms with van der Waals surface area (Å²) in [5, 5.41) is 4.57. The molecule has 4 heteroatoms. The molecule has 100 valence electrons. The fraction of sp³-hybridized carbons (Fsp3) is 0.333. The van der Waals surface area contributed by atoms with Crippen LogP contribution in [0.15, 0.2) is 28.9 Å². The number of rotatable bonds is 2. The van der Waals surface area contributed by atoms with E-state index in [4.69, 9.17) is 0 Å². The lowest BCUT2D eigenvalue weighted by molar-refractivity contribution is 0.112. The summed E-state index contributed by atoms with van der Waals surface area (Å²) in [5.74, 6) is 0. The maximum absolute atomic E-state index is 11.2. The standard InChI is InChI=1S/C15H17BrN2O/c1-10-5-11(7-13(16)6-10)14-12(9-19)8-18(17-14)15(2,3)4/h5-9H,1-4H3. The Labute approximate surface area is 121 Å². The van der Waals surface area contributed by atoms with E-state index in [0.29, 0.717) is 5.56 Å². The lowest BCUT2D eigenvalue weighted by atomic mass is 10.1. The topological polar surface area (TPSA) is 34.9 Å². The van der Waals surface area contributed by atoms with Crippen LogP contribution >= 0.6 is 15.9 Å². The van der Waals surface area contributed by atoms with Crippen LogP contribution in [0.1, 0.15) is 36.7 Å². The van der Waals surface area contributed by atoms with E-state index in [1.165, 1.54) is 0 Å². The Bertz CT molecular complexity index is 603. The van der Waals surface area contributed by atoms with E-state index in [1.54, 1.807) is 6.20 Å². The lowest BCUT2D eigenvalue weighted by Gasteiger charge is -2.18. The molecule has 0 aliphatic rings. The third kappa shape index (κ3) is 2.95. The Morgan fingerprint density at radius 3 is 2.47 bits per heavy atom. The fourth-order valence-corrected chi connectivity index (χ4v) is 2.52. The van der Waals surface area contributed by atoms with Crippen LogP contribution in [-0.2, 0) is 5.54 Å². The molecule has 0 fully saturated rings. The van der Waals surface area contributed by atoms with Gasteiger partial charge >= 0.3 is 0 Å². The average Bonchev–Trinajstić information content (AvgIpc) is 2.71. The van der Waals surface area contributed by atoms with Crippen molar-refractivity contribution in [2.45, 2.75) is 33.2 Å². The third-order valence-electron chi connectivity index (χ3n) is 2.87. The van der Waals surface area contributed by atoms with Crippen LogP contribution in [-0.4, -0.2) is 16.1 Å². The van der Waals surface area contributed by atoms with Gasteiger partial charge in [0.2, 0.25) is 0 Å². The van der Waals surface area contributed by atoms with Gasteiger partial charge in [-0.05, 0) is 51.5 Å². The zero-order valence-electron chi connectivity index (χ0n) is 11.6. The number of aromatic nitrogens is 2. The molecule has 0 bridgehead atoms. The molecule has 1 heterocycles. The molecule has 0 spiro atoms. The van der Waals surface area contributed by atoms with E-state index in [-0.39, 0.29) is 5.54 Å². The SMILES string of the molecule is Cc1cc(Br)cc(-c2nn(C(C)(C)C)cc2C=O)c1. The highest BCUT2D eigenvalue weighted by atomic mass is 79.9. The number of carbonyl (C=O) groups excluding carboxylic acids is 1. The van der Waals surface area contributed by atoms with Crippen LogP contribution < -0.4 is 0 Å². The highest BCUT2D eigenvalue weighted by Crippen LogP contribution is 2.27. The number of carbonyl (C=O) groups is 1. The molecule has 0 unspecified atom stereocenters. The predicted octanol–water partition coefficient (Wildman–Crippen LogP) is 4.19. The van der Waals surface area contributed by atoms with Crippen LogP contribution in [0.4, 0.5) is 0 Å². The Hall–Kier alpha value is -1.42. The first-order chi connectivity index (χ1) is 8.81. The Morgan fingerprint density at radius 2 is 1.95 bits per heavy atom. The van der Waals surface area contributed by atoms with Gasteiger partial charge in [0.15, 0.2) is 6.29 Å². The normalized spacial score (nSPS) is 11.6. The summed E-state index contributed by atoms with van der Waals surface area (Å²) in [4.78, 5) is 11.2. The largest absolute Gasteiger partial charge is 0.298 e. The van der Waals surface area contributed by atoms with Crippen molar-refractivity contribution in [2.24, 2.45) is 0 Å². The van der Waals surface area contributed by atoms with Crippen molar-refractivity contribution in [1.82, 2.24) is 9.78 Å². The zero-order valence-corrected chi connectivity index (χ0v) is 13.2. The van der Waals surface area contributed by atoms with Crippen molar-refractivity contribution in [1.29, 1.82) is 0 Å². The number of nitrogens with zero attached hydrogens (tertiary/aromatic N) is 2. The molecule has 0 radical (unpaired) electrons. The molecule has 19 heavy (non-hydrogen) atoms. The average molecular weight is 321 g/mol. The van der Waals surface area contributed by atoms with Gasteiger partial charge in [0.1, 0.15) is 5.69 Å². The predicted molar refractivity (Wildman–Crippen MR) is 80.5 cm³/mol. The van der Waals surface area contributed by atoms with Crippen molar-refractivity contribution < 1.29 is 4.79 Å². The number of hydrogen-bond donors (Lipinski definition) is 0. The quantitative estimate of drug-likeness (QED) is 0.778. The summed E-state index contributed by atoms with van der Waals surface area (Å²) in [6, 6.07) is 6.05. The van der Waals surface area contributed by atoms with Crippen molar-refractivity contribution in [3.63, 3.8) is 0 Å². The van der Waals surface area contributed by atoms with E-state index in [1.807, 2.05) is 29.8 Å². The summed E-state index contributed by atoms with van der Waals surface area (Å²) in [5.41, 5.74) is 3.29. The van der Waals surface area contributed by atoms with Gasteiger partial charge in [-0.25, -0.2) is 0 Å². The van der Waals surface area contributed by atoms with Gasteiger partial charge in [0.25, 0.3) is 0 Å². The molecule has 0 aliphatic carbocycles. The van der Waals surface area contributed by atoms with E-state index >= 15 is 0 Å². The lowest BCUT2D eigenvalue weighted by Crippen LogP contribution is -2.22. The summed E-state index contributed by atoms with van der Waals surface area (Å²) in [6.45, 7) is 8.20. The maximum atomic E-state index is 11.2. The first-order valence-corrected chi connectivity index (χ1v) is 6.93. The van der Waals surface area contributed by atoms with Crippen LogP contribution in [0.25, 0.3) is 11.3 Å². The second-order valence-corrected chi connectivity index (χ2v) is 6.60. The minimum atomic E-state index is -0.142. The van der Waals surface area contributed by atoms with Gasteiger partial charge in [-0.15, -0.1) is 0 Å². The van der Waals surface area contributed by atoms with Crippen LogP contribution in [0, 0.1) is 6.92 Å². The molecule has 0 saturated heterocycles. The molecule has 1 aromatic carbocycles. The Kier molecular flexibility index (Phi) is 3.63. The van der Waals surface area contributed by atoms with Gasteiger partial charge in [-0.1, -0.05) is 15.9 Å². The first kappa shape index (κ1) is 14.0. The maximum Gasteiger partial charge on any atom is 0.153 e. The molecule has 1 aromatic heterocycles. The van der Waals surface area contributed by atoms with Gasteiger partial charge < -0.3 is 0 Å². The second-order valence-electron chi connectivity index (χ2n) is 5.68. The monoisotopic (exact) mass is 320 g/mol. The molecular formula is C15H17BrN2O. The summed E-state index contributed by atoms with van der Waals surface area (Å²) in [7, 11) is 0. The molecule has 0 N–H and O–H groups in total. The summed E-state index contributed by atoms with van der Waals surface area (Å²) in [6.07, 6.45) is 2.67. The Morgan fingerprint density at radius 1 is 1.26 bits per heavy atom. The number of aryl methyl sites for hydroxylation is 1. The minimum Gasteiger partial charge on any atom is -0.298 e. The van der Waals surface area contributed by atoms with E-state index < -0.39 is 0 Å². The number of halogens is 1. The highest BCUT2D eigenvalue weighted by molar-refractivity contribution is 9.10. The van der Waals surface area contributed by atoms with E-state index in [9.17, 15) is 4.79 Å². The van der Waals surface area contributed by atoms with Crippen LogP contribution in [0.2, 0.25) is 0 Å². The molecule has 0 saturated carbocycles. The van der Waals surface area contributed by atoms with Gasteiger partial charge in [-0.3, -0.25) is 9.48 Å². The van der Waals surface area contributed by atoms with Crippen LogP contribution in [0.5, 0.6) is 0 Å². The van der Waals surface area contributed by atoms with Gasteiger partial charge in [-0.2, -0.15) is 5.10 Å². The van der Waals surface area contributed by atoms with Gasteiger partial charge in [0, 0.05) is 16.2 Å². The Balaban J connectivity index is 2.61. The van der Waals surface area contributed by atoms with Gasteiger partial charge in [0.05, 0.1) is 11.1 Å². The molecule has 0 atom stereocenters. The van der Waals surface area contributed by atoms with Crippen molar-refractivity contribution in [3.8, 4) is 11.3 Å². The molecule has 0 amide bonds. The smallest absolute Gasteiger partial charge is 0.153 e. The third-order valence-corrected chi connectivity index (χ3v) is 3.33. The van der Waals surface area contributed by atoms with E-state index in [0.717, 1.165) is 27.6 Å². The van der Waals surface area contributed by atoms with Crippen molar-refractivity contribution in [2.75, 3.05) is 0 Å². The van der Waals surface area contributed by atoms with E-state index in [2.05, 4.69) is 41.8 Å². The van der Waals surface area contributed by atoms with Crippen molar-refractivity contribution >= 4 is 22.2 Å². The molecule has 0 aliphatic heterocycles. The number of aldehydes is 1. The summed E-state index contributed by atoms with van der Waals surface area (Å²) >= 11 is 3.48. The minimum absolute atomic E-state index is 0.142. The molecular weight excluding hydrogens is 304 g/mol.